The number of aromatic nitrogens is 5. The smallest absolute Gasteiger partial charge is 0.397 e. The molecule has 4 aromatic rings. The van der Waals surface area contributed by atoms with Gasteiger partial charge in [-0.05, 0) is 62.8 Å². The minimum atomic E-state index is -4.41. The summed E-state index contributed by atoms with van der Waals surface area (Å²) in [7, 11) is 0. The number of aryl methyl sites for hydroxylation is 1. The number of alkyl halides is 3. The van der Waals surface area contributed by atoms with Crippen LogP contribution >= 0.6 is 11.9 Å². The number of aliphatic hydroxyl groups is 1. The Hall–Kier alpha value is -3.84. The first-order chi connectivity index (χ1) is 22.3. The first kappa shape index (κ1) is 34.5. The van der Waals surface area contributed by atoms with Crippen molar-refractivity contribution in [3.05, 3.63) is 66.6 Å². The van der Waals surface area contributed by atoms with Crippen LogP contribution in [0.1, 0.15) is 58.9 Å². The fourth-order valence-electron chi connectivity index (χ4n) is 5.15. The average Bonchev–Trinajstić information content (AvgIpc) is 3.52. The highest BCUT2D eigenvalue weighted by molar-refractivity contribution is 8.00. The standard InChI is InChI=1S/C34H42F3N7O2S/c1-32(2,22-45)21-43-17-10-6-5-7-11-24-12-8-9-13-26(24)30-31(39-20-27(40-30)42-47-25-14-16-38-28(43)19-25)44-18-15-29(41-44)46-23-33(3,4)34(35,36)37/h8-9,12-16,18-20,45H,5-7,10-11,17,21-23H2,1-4H3,(H,40,42). The van der Waals surface area contributed by atoms with E-state index < -0.39 is 18.2 Å². The van der Waals surface area contributed by atoms with E-state index >= 15 is 0 Å². The van der Waals surface area contributed by atoms with E-state index in [4.69, 9.17) is 14.7 Å². The van der Waals surface area contributed by atoms with Gasteiger partial charge in [-0.25, -0.2) is 19.6 Å². The van der Waals surface area contributed by atoms with Crippen LogP contribution in [0, 0.1) is 10.8 Å². The molecule has 252 valence electrons. The molecule has 0 radical (unpaired) electrons. The molecule has 0 unspecified atom stereocenters. The first-order valence-corrected chi connectivity index (χ1v) is 16.6. The Labute approximate surface area is 278 Å². The van der Waals surface area contributed by atoms with Gasteiger partial charge < -0.3 is 19.5 Å². The molecule has 47 heavy (non-hydrogen) atoms. The highest BCUT2D eigenvalue weighted by atomic mass is 32.2. The molecule has 0 saturated carbocycles. The average molecular weight is 670 g/mol. The Balaban J connectivity index is 1.47. The second-order valence-corrected chi connectivity index (χ2v) is 14.2. The third kappa shape index (κ3) is 8.75. The summed E-state index contributed by atoms with van der Waals surface area (Å²) >= 11 is 1.39. The van der Waals surface area contributed by atoms with Crippen LogP contribution < -0.4 is 14.4 Å². The lowest BCUT2D eigenvalue weighted by Crippen LogP contribution is -2.37. The number of ether oxygens (including phenoxy) is 1. The van der Waals surface area contributed by atoms with Crippen molar-refractivity contribution < 1.29 is 23.0 Å². The molecule has 0 fully saturated rings. The van der Waals surface area contributed by atoms with Gasteiger partial charge >= 0.3 is 6.18 Å². The number of rotatable bonds is 7. The number of benzene rings is 1. The van der Waals surface area contributed by atoms with Crippen molar-refractivity contribution in [3.8, 4) is 23.0 Å². The highest BCUT2D eigenvalue weighted by Crippen LogP contribution is 2.38. The molecule has 0 saturated heterocycles. The highest BCUT2D eigenvalue weighted by Gasteiger charge is 2.48. The largest absolute Gasteiger partial charge is 0.476 e. The van der Waals surface area contributed by atoms with Crippen LogP contribution in [0.15, 0.2) is 66.0 Å². The normalized spacial score (nSPS) is 15.0. The maximum Gasteiger partial charge on any atom is 0.397 e. The van der Waals surface area contributed by atoms with Gasteiger partial charge in [0.25, 0.3) is 0 Å². The summed E-state index contributed by atoms with van der Waals surface area (Å²) < 4.78 is 50.5. The van der Waals surface area contributed by atoms with Gasteiger partial charge in [-0.3, -0.25) is 0 Å². The summed E-state index contributed by atoms with van der Waals surface area (Å²) in [5.41, 5.74) is 0.311. The minimum Gasteiger partial charge on any atom is -0.476 e. The molecule has 0 atom stereocenters. The second kappa shape index (κ2) is 14.5. The van der Waals surface area contributed by atoms with Gasteiger partial charge in [-0.2, -0.15) is 13.2 Å². The summed E-state index contributed by atoms with van der Waals surface area (Å²) in [6, 6.07) is 13.6. The molecule has 4 bridgehead atoms. The zero-order valence-corrected chi connectivity index (χ0v) is 28.0. The molecule has 5 rings (SSSR count). The lowest BCUT2D eigenvalue weighted by atomic mass is 9.94. The van der Waals surface area contributed by atoms with E-state index in [1.807, 2.05) is 30.3 Å². The van der Waals surface area contributed by atoms with E-state index in [-0.39, 0.29) is 17.9 Å². The SMILES string of the molecule is CC(C)(CO)CN1CCCCCCc2ccccc2-c2nc(cnc2-n2ccc(OCC(C)(C)C(F)(F)F)n2)NSc2ccnc1c2. The summed E-state index contributed by atoms with van der Waals surface area (Å²) in [4.78, 5) is 17.6. The van der Waals surface area contributed by atoms with Crippen LogP contribution in [0.5, 0.6) is 5.88 Å². The van der Waals surface area contributed by atoms with Crippen molar-refractivity contribution >= 4 is 23.6 Å². The van der Waals surface area contributed by atoms with Crippen molar-refractivity contribution in [1.29, 1.82) is 0 Å². The van der Waals surface area contributed by atoms with Crippen LogP contribution in [-0.2, 0) is 6.42 Å². The number of nitrogens with zero attached hydrogens (tertiary/aromatic N) is 6. The molecule has 2 N–H and O–H groups in total. The number of hydrogen-bond acceptors (Lipinski definition) is 9. The van der Waals surface area contributed by atoms with Gasteiger partial charge in [0.2, 0.25) is 5.88 Å². The summed E-state index contributed by atoms with van der Waals surface area (Å²) in [5.74, 6) is 1.88. The number of nitrogens with one attached hydrogen (secondary N) is 1. The van der Waals surface area contributed by atoms with Crippen LogP contribution in [0.3, 0.4) is 0 Å². The molecule has 13 heteroatoms. The van der Waals surface area contributed by atoms with Crippen molar-refractivity contribution in [3.63, 3.8) is 0 Å². The molecule has 3 aromatic heterocycles. The molecular weight excluding hydrogens is 627 g/mol. The number of aliphatic hydroxyl groups excluding tert-OH is 1. The van der Waals surface area contributed by atoms with E-state index in [1.54, 1.807) is 18.6 Å². The zero-order valence-electron chi connectivity index (χ0n) is 27.2. The fraction of sp³-hybridized carbons (Fsp3) is 0.471. The zero-order chi connectivity index (χ0) is 33.7. The lowest BCUT2D eigenvalue weighted by molar-refractivity contribution is -0.219. The molecule has 1 aliphatic rings. The lowest BCUT2D eigenvalue weighted by Gasteiger charge is -2.32. The number of fused-ring (bicyclic) bond motifs is 6. The van der Waals surface area contributed by atoms with Gasteiger partial charge in [-0.15, -0.1) is 5.10 Å². The van der Waals surface area contributed by atoms with E-state index in [9.17, 15) is 18.3 Å². The molecule has 1 aliphatic heterocycles. The Morgan fingerprint density at radius 2 is 1.79 bits per heavy atom. The van der Waals surface area contributed by atoms with Crippen LogP contribution in [0.2, 0.25) is 0 Å². The van der Waals surface area contributed by atoms with Crippen LogP contribution in [0.4, 0.5) is 24.8 Å². The molecule has 1 aromatic carbocycles. The first-order valence-electron chi connectivity index (χ1n) is 15.8. The van der Waals surface area contributed by atoms with Crippen molar-refractivity contribution in [1.82, 2.24) is 24.7 Å². The minimum absolute atomic E-state index is 0.0663. The van der Waals surface area contributed by atoms with E-state index in [0.29, 0.717) is 23.9 Å². The topological polar surface area (TPSA) is 101 Å². The summed E-state index contributed by atoms with van der Waals surface area (Å²) in [5, 5.41) is 14.4. The molecule has 0 aliphatic carbocycles. The van der Waals surface area contributed by atoms with E-state index in [0.717, 1.165) is 74.3 Å². The van der Waals surface area contributed by atoms with Crippen molar-refractivity contribution in [2.24, 2.45) is 10.8 Å². The maximum absolute atomic E-state index is 13.4. The van der Waals surface area contributed by atoms with Gasteiger partial charge in [0.15, 0.2) is 11.6 Å². The molecule has 9 nitrogen and oxygen atoms in total. The number of anilines is 2. The van der Waals surface area contributed by atoms with Crippen LogP contribution in [-0.4, -0.2) is 62.3 Å². The number of hydrogen-bond donors (Lipinski definition) is 2. The van der Waals surface area contributed by atoms with E-state index in [2.05, 4.69) is 39.6 Å². The van der Waals surface area contributed by atoms with Gasteiger partial charge in [0.1, 0.15) is 18.1 Å². The predicted molar refractivity (Wildman–Crippen MR) is 179 cm³/mol. The van der Waals surface area contributed by atoms with Crippen molar-refractivity contribution in [2.75, 3.05) is 35.9 Å². The summed E-state index contributed by atoms with van der Waals surface area (Å²) in [6.45, 7) is 7.34. The molecule has 0 spiro atoms. The Morgan fingerprint density at radius 3 is 2.57 bits per heavy atom. The molecule has 4 heterocycles. The van der Waals surface area contributed by atoms with Gasteiger partial charge in [-0.1, -0.05) is 51.0 Å². The van der Waals surface area contributed by atoms with Gasteiger partial charge in [0.05, 0.1) is 11.6 Å². The quantitative estimate of drug-likeness (QED) is 0.191. The number of pyridine rings is 1. The van der Waals surface area contributed by atoms with Gasteiger partial charge in [0, 0.05) is 54.0 Å². The van der Waals surface area contributed by atoms with E-state index in [1.165, 1.54) is 22.7 Å². The Bertz CT molecular complexity index is 1640. The second-order valence-electron chi connectivity index (χ2n) is 13.3. The summed E-state index contributed by atoms with van der Waals surface area (Å²) in [6.07, 6.45) is 5.52. The molecule has 0 amide bonds. The van der Waals surface area contributed by atoms with Crippen molar-refractivity contribution in [2.45, 2.75) is 70.9 Å². The Morgan fingerprint density at radius 1 is 1.00 bits per heavy atom. The Kier molecular flexibility index (Phi) is 10.6. The molecular formula is C34H42F3N7O2S. The predicted octanol–water partition coefficient (Wildman–Crippen LogP) is 7.75. The third-order valence-corrected chi connectivity index (χ3v) is 8.94. The maximum atomic E-state index is 13.4. The number of halogens is 3. The monoisotopic (exact) mass is 669 g/mol. The fourth-order valence-corrected chi connectivity index (χ4v) is 5.76. The van der Waals surface area contributed by atoms with Crippen LogP contribution in [0.25, 0.3) is 17.1 Å². The third-order valence-electron chi connectivity index (χ3n) is 8.14.